The Morgan fingerprint density at radius 3 is 2.05 bits per heavy atom. The Hall–Kier alpha value is -1.41. The molecule has 0 saturated carbocycles. The second kappa shape index (κ2) is 7.73. The summed E-state index contributed by atoms with van der Waals surface area (Å²) < 4.78 is 22.3. The van der Waals surface area contributed by atoms with Gasteiger partial charge in [0.05, 0.1) is 14.2 Å². The normalized spacial score (nSPS) is 14.5. The van der Waals surface area contributed by atoms with E-state index in [-0.39, 0.29) is 17.1 Å². The fourth-order valence-corrected chi connectivity index (χ4v) is 3.36. The summed E-state index contributed by atoms with van der Waals surface area (Å²) in [6, 6.07) is 5.20. The topological polar surface area (TPSA) is 52.6 Å². The molecule has 1 aromatic carbocycles. The molecule has 3 unspecified atom stereocenters. The monoisotopic (exact) mass is 325 g/mol. The van der Waals surface area contributed by atoms with Crippen LogP contribution in [-0.4, -0.2) is 25.7 Å². The van der Waals surface area contributed by atoms with Gasteiger partial charge in [-0.1, -0.05) is 38.3 Å². The van der Waals surface area contributed by atoms with Gasteiger partial charge in [-0.3, -0.25) is 4.79 Å². The van der Waals surface area contributed by atoms with Crippen LogP contribution in [0.25, 0.3) is 0 Å². The van der Waals surface area contributed by atoms with Crippen LogP contribution >= 0.6 is 8.46 Å². The van der Waals surface area contributed by atoms with Crippen molar-refractivity contribution in [2.45, 2.75) is 39.8 Å². The maximum atomic E-state index is 12.9. The quantitative estimate of drug-likeness (QED) is 0.552. The third-order valence-electron chi connectivity index (χ3n) is 3.59. The molecular formula is C17H26O4P+. The summed E-state index contributed by atoms with van der Waals surface area (Å²) >= 11 is 0. The van der Waals surface area contributed by atoms with Crippen molar-refractivity contribution in [2.75, 3.05) is 14.2 Å². The van der Waals surface area contributed by atoms with Crippen LogP contribution in [0.4, 0.5) is 0 Å². The molecule has 0 amide bonds. The predicted molar refractivity (Wildman–Crippen MR) is 89.9 cm³/mol. The van der Waals surface area contributed by atoms with Crippen molar-refractivity contribution in [1.82, 2.24) is 0 Å². The summed E-state index contributed by atoms with van der Waals surface area (Å²) in [5.74, 6) is 0.739. The minimum atomic E-state index is -0.694. The molecule has 122 valence electrons. The highest BCUT2D eigenvalue weighted by molar-refractivity contribution is 7.26. The van der Waals surface area contributed by atoms with E-state index in [4.69, 9.17) is 9.47 Å². The number of carbonyl (C=O) groups is 1. The lowest BCUT2D eigenvalue weighted by atomic mass is 9.82. The molecule has 4 nitrogen and oxygen atoms in total. The van der Waals surface area contributed by atoms with Gasteiger partial charge in [0.25, 0.3) is 0 Å². The van der Waals surface area contributed by atoms with Gasteiger partial charge in [0, 0.05) is 5.92 Å². The molecule has 22 heavy (non-hydrogen) atoms. The summed E-state index contributed by atoms with van der Waals surface area (Å²) in [7, 11) is 2.33. The summed E-state index contributed by atoms with van der Waals surface area (Å²) in [6.45, 7) is 8.31. The molecule has 0 fully saturated rings. The van der Waals surface area contributed by atoms with Crippen molar-refractivity contribution >= 4 is 14.2 Å². The first kappa shape index (κ1) is 18.6. The number of hydrogen-bond donors (Lipinski definition) is 0. The first-order valence-corrected chi connectivity index (χ1v) is 8.36. The smallest absolute Gasteiger partial charge is 0.336 e. The lowest BCUT2D eigenvalue weighted by Gasteiger charge is -2.24. The Morgan fingerprint density at radius 2 is 1.68 bits per heavy atom. The van der Waals surface area contributed by atoms with Gasteiger partial charge in [0.1, 0.15) is 17.1 Å². The van der Waals surface area contributed by atoms with Gasteiger partial charge >= 0.3 is 8.46 Å². The summed E-state index contributed by atoms with van der Waals surface area (Å²) in [4.78, 5) is 12.9. The van der Waals surface area contributed by atoms with Crippen molar-refractivity contribution in [1.29, 1.82) is 0 Å². The number of methoxy groups -OCH3 is 2. The fourth-order valence-electron chi connectivity index (χ4n) is 2.76. The minimum Gasteiger partial charge on any atom is -0.496 e. The molecule has 0 aromatic heterocycles. The fraction of sp³-hybridized carbons (Fsp3) is 0.588. The van der Waals surface area contributed by atoms with E-state index in [0.717, 1.165) is 6.42 Å². The van der Waals surface area contributed by atoms with E-state index in [0.29, 0.717) is 17.1 Å². The number of hydrogen-bond acceptors (Lipinski definition) is 4. The second-order valence-corrected chi connectivity index (χ2v) is 7.60. The summed E-state index contributed by atoms with van der Waals surface area (Å²) in [5.41, 5.74) is -0.103. The standard InChI is InChI=1S/C17H25O4P/c1-11(10-17(2,3)4)16(22-19)15(18)14-12(20-5)8-7-9-13(14)21-6/h7-9,11,16H,10H2,1-6H3/p+1. The molecule has 0 aliphatic rings. The van der Waals surface area contributed by atoms with Gasteiger partial charge in [-0.25, -0.2) is 0 Å². The number of rotatable bonds is 7. The van der Waals surface area contributed by atoms with E-state index in [2.05, 4.69) is 20.8 Å². The average Bonchev–Trinajstić information content (AvgIpc) is 2.44. The van der Waals surface area contributed by atoms with Gasteiger partial charge in [-0.2, -0.15) is 0 Å². The number of Topliss-reactive ketones (excluding diaryl/α,β-unsaturated/α-hetero) is 1. The lowest BCUT2D eigenvalue weighted by Crippen LogP contribution is -2.27. The molecule has 0 aliphatic carbocycles. The van der Waals surface area contributed by atoms with Crippen LogP contribution in [0.1, 0.15) is 44.5 Å². The van der Waals surface area contributed by atoms with Gasteiger partial charge in [-0.05, 0) is 24.0 Å². The summed E-state index contributed by atoms with van der Waals surface area (Å²) in [6.07, 6.45) is 0.816. The van der Waals surface area contributed by atoms with Gasteiger partial charge in [0.2, 0.25) is 11.4 Å². The van der Waals surface area contributed by atoms with Crippen molar-refractivity contribution in [3.8, 4) is 11.5 Å². The average molecular weight is 325 g/mol. The molecule has 5 heteroatoms. The highest BCUT2D eigenvalue weighted by Crippen LogP contribution is 2.36. The van der Waals surface area contributed by atoms with E-state index >= 15 is 0 Å². The molecule has 0 N–H and O–H groups in total. The zero-order chi connectivity index (χ0) is 16.9. The second-order valence-electron chi connectivity index (χ2n) is 6.74. The number of carbonyl (C=O) groups excluding carboxylic acids is 1. The highest BCUT2D eigenvalue weighted by Gasteiger charge is 2.38. The zero-order valence-electron chi connectivity index (χ0n) is 14.2. The Labute approximate surface area is 134 Å². The SMILES string of the molecule is COc1cccc(OC)c1C(=O)C([PH+]=O)C(C)CC(C)(C)C. The largest absolute Gasteiger partial charge is 0.496 e. The molecule has 0 bridgehead atoms. The van der Waals surface area contributed by atoms with Crippen LogP contribution in [0.5, 0.6) is 11.5 Å². The third-order valence-corrected chi connectivity index (χ3v) is 4.67. The zero-order valence-corrected chi connectivity index (χ0v) is 15.2. The number of ether oxygens (including phenoxy) is 2. The molecule has 1 rings (SSSR count). The van der Waals surface area contributed by atoms with Gasteiger partial charge < -0.3 is 9.47 Å². The maximum Gasteiger partial charge on any atom is 0.336 e. The molecular weight excluding hydrogens is 299 g/mol. The van der Waals surface area contributed by atoms with Crippen molar-refractivity contribution in [3.63, 3.8) is 0 Å². The van der Waals surface area contributed by atoms with E-state index in [9.17, 15) is 9.36 Å². The molecule has 0 heterocycles. The van der Waals surface area contributed by atoms with Crippen molar-refractivity contribution in [3.05, 3.63) is 23.8 Å². The third kappa shape index (κ3) is 4.54. The molecule has 0 saturated heterocycles. The lowest BCUT2D eigenvalue weighted by molar-refractivity contribution is 0.0955. The van der Waals surface area contributed by atoms with Crippen LogP contribution in [0, 0.1) is 11.3 Å². The highest BCUT2D eigenvalue weighted by atomic mass is 31.1. The van der Waals surface area contributed by atoms with E-state index in [1.807, 2.05) is 6.92 Å². The van der Waals surface area contributed by atoms with Gasteiger partial charge in [0.15, 0.2) is 0 Å². The molecule has 0 aliphatic heterocycles. The van der Waals surface area contributed by atoms with Crippen LogP contribution in [0.3, 0.4) is 0 Å². The molecule has 3 atom stereocenters. The Balaban J connectivity index is 3.20. The molecule has 0 radical (unpaired) electrons. The van der Waals surface area contributed by atoms with Crippen molar-refractivity contribution in [2.24, 2.45) is 11.3 Å². The van der Waals surface area contributed by atoms with Gasteiger partial charge in [-0.15, -0.1) is 0 Å². The molecule has 0 spiro atoms. The van der Waals surface area contributed by atoms with E-state index in [1.165, 1.54) is 14.2 Å². The van der Waals surface area contributed by atoms with E-state index in [1.54, 1.807) is 18.2 Å². The number of benzene rings is 1. The van der Waals surface area contributed by atoms with Crippen LogP contribution in [-0.2, 0) is 4.57 Å². The predicted octanol–water partition coefficient (Wildman–Crippen LogP) is 4.35. The first-order valence-electron chi connectivity index (χ1n) is 7.38. The Bertz CT molecular complexity index is 512. The minimum absolute atomic E-state index is 0.0120. The maximum absolute atomic E-state index is 12.9. The molecule has 1 aromatic rings. The summed E-state index contributed by atoms with van der Waals surface area (Å²) in [5, 5.41) is 0. The Morgan fingerprint density at radius 1 is 1.18 bits per heavy atom. The van der Waals surface area contributed by atoms with E-state index < -0.39 is 14.1 Å². The number of ketones is 1. The van der Waals surface area contributed by atoms with Crippen LogP contribution < -0.4 is 9.47 Å². The van der Waals surface area contributed by atoms with Crippen LogP contribution in [0.2, 0.25) is 0 Å². The van der Waals surface area contributed by atoms with Crippen molar-refractivity contribution < 1.29 is 18.8 Å². The Kier molecular flexibility index (Phi) is 6.55. The van der Waals surface area contributed by atoms with Crippen LogP contribution in [0.15, 0.2) is 18.2 Å². The first-order chi connectivity index (χ1) is 10.2.